The van der Waals surface area contributed by atoms with Crippen LogP contribution in [0.15, 0.2) is 28.7 Å². The van der Waals surface area contributed by atoms with Gasteiger partial charge in [0.2, 0.25) is 11.8 Å². The minimum atomic E-state index is -0.548. The maximum Gasteiger partial charge on any atom is 0.241 e. The van der Waals surface area contributed by atoms with Gasteiger partial charge in [-0.2, -0.15) is 0 Å². The van der Waals surface area contributed by atoms with Gasteiger partial charge in [-0.15, -0.1) is 0 Å². The Balaban J connectivity index is 2.07. The van der Waals surface area contributed by atoms with Gasteiger partial charge in [0.05, 0.1) is 6.42 Å². The average molecular weight is 326 g/mol. The van der Waals surface area contributed by atoms with E-state index in [4.69, 9.17) is 5.73 Å². The van der Waals surface area contributed by atoms with E-state index >= 15 is 0 Å². The zero-order valence-electron chi connectivity index (χ0n) is 10.4. The molecule has 102 valence electrons. The average Bonchev–Trinajstić information content (AvgIpc) is 2.38. The maximum absolute atomic E-state index is 12.3. The molecular weight excluding hydrogens is 310 g/mol. The van der Waals surface area contributed by atoms with Crippen LogP contribution in [0, 0.1) is 0 Å². The van der Waals surface area contributed by atoms with Gasteiger partial charge >= 0.3 is 0 Å². The minimum absolute atomic E-state index is 0.0663. The highest BCUT2D eigenvalue weighted by Crippen LogP contribution is 2.14. The Kier molecular flexibility index (Phi) is 4.55. The van der Waals surface area contributed by atoms with E-state index < -0.39 is 11.9 Å². The predicted octanol–water partition coefficient (Wildman–Crippen LogP) is 0.277. The molecule has 1 atom stereocenters. The normalized spacial score (nSPS) is 19.2. The van der Waals surface area contributed by atoms with Crippen molar-refractivity contribution in [3.63, 3.8) is 0 Å². The molecule has 0 saturated carbocycles. The molecule has 0 spiro atoms. The second kappa shape index (κ2) is 6.16. The smallest absolute Gasteiger partial charge is 0.241 e. The number of carbonyl (C=O) groups excluding carboxylic acids is 2. The molecule has 0 bridgehead atoms. The molecule has 1 aliphatic heterocycles. The Morgan fingerprint density at radius 2 is 2.26 bits per heavy atom. The number of nitrogens with two attached hydrogens (primary N) is 1. The van der Waals surface area contributed by atoms with Crippen molar-refractivity contribution in [2.75, 3.05) is 19.6 Å². The van der Waals surface area contributed by atoms with Crippen LogP contribution in [0.1, 0.15) is 5.56 Å². The van der Waals surface area contributed by atoms with Gasteiger partial charge in [-0.05, 0) is 17.7 Å². The largest absolute Gasteiger partial charge is 0.368 e. The van der Waals surface area contributed by atoms with E-state index in [1.54, 1.807) is 4.90 Å². The van der Waals surface area contributed by atoms with E-state index in [9.17, 15) is 9.59 Å². The van der Waals surface area contributed by atoms with Crippen LogP contribution in [0.25, 0.3) is 0 Å². The van der Waals surface area contributed by atoms with Crippen LogP contribution in [0.3, 0.4) is 0 Å². The van der Waals surface area contributed by atoms with Gasteiger partial charge in [0.15, 0.2) is 0 Å². The zero-order valence-corrected chi connectivity index (χ0v) is 12.0. The lowest BCUT2D eigenvalue weighted by Gasteiger charge is -2.34. The number of nitrogens with one attached hydrogen (secondary N) is 1. The number of benzene rings is 1. The van der Waals surface area contributed by atoms with Crippen LogP contribution < -0.4 is 11.1 Å². The highest BCUT2D eigenvalue weighted by Gasteiger charge is 2.30. The second-order valence-corrected chi connectivity index (χ2v) is 5.43. The number of primary amides is 1. The highest BCUT2D eigenvalue weighted by molar-refractivity contribution is 9.10. The van der Waals surface area contributed by atoms with Gasteiger partial charge < -0.3 is 16.0 Å². The van der Waals surface area contributed by atoms with Crippen molar-refractivity contribution in [2.24, 2.45) is 5.73 Å². The molecule has 2 amide bonds. The molecule has 0 aromatic heterocycles. The van der Waals surface area contributed by atoms with Crippen LogP contribution in [0.2, 0.25) is 0 Å². The van der Waals surface area contributed by atoms with Crippen molar-refractivity contribution in [3.8, 4) is 0 Å². The van der Waals surface area contributed by atoms with Gasteiger partial charge in [0, 0.05) is 24.1 Å². The molecule has 0 aliphatic carbocycles. The molecule has 5 nitrogen and oxygen atoms in total. The van der Waals surface area contributed by atoms with Crippen LogP contribution in [0.5, 0.6) is 0 Å². The predicted molar refractivity (Wildman–Crippen MR) is 75.4 cm³/mol. The first-order valence-electron chi connectivity index (χ1n) is 6.12. The van der Waals surface area contributed by atoms with Crippen LogP contribution in [0.4, 0.5) is 0 Å². The molecule has 1 aromatic rings. The van der Waals surface area contributed by atoms with Crippen LogP contribution >= 0.6 is 15.9 Å². The number of hydrogen-bond acceptors (Lipinski definition) is 3. The summed E-state index contributed by atoms with van der Waals surface area (Å²) in [6, 6.07) is 7.04. The van der Waals surface area contributed by atoms with Crippen molar-refractivity contribution in [3.05, 3.63) is 34.3 Å². The number of halogens is 1. The van der Waals surface area contributed by atoms with Gasteiger partial charge in [0.1, 0.15) is 6.04 Å². The molecule has 6 heteroatoms. The quantitative estimate of drug-likeness (QED) is 0.838. The standard InChI is InChI=1S/C13H16BrN3O2/c14-10-3-1-2-9(6-10)7-12(18)17-5-4-16-8-11(17)13(15)19/h1-3,6,11,16H,4-5,7-8H2,(H2,15,19). The van der Waals surface area contributed by atoms with Gasteiger partial charge in [0.25, 0.3) is 0 Å². The molecule has 1 aromatic carbocycles. The third-order valence-electron chi connectivity index (χ3n) is 3.14. The Hall–Kier alpha value is -1.40. The third kappa shape index (κ3) is 3.54. The number of piperazine rings is 1. The number of nitrogens with zero attached hydrogens (tertiary/aromatic N) is 1. The minimum Gasteiger partial charge on any atom is -0.368 e. The van der Waals surface area contributed by atoms with Crippen molar-refractivity contribution >= 4 is 27.7 Å². The van der Waals surface area contributed by atoms with E-state index in [-0.39, 0.29) is 12.3 Å². The summed E-state index contributed by atoms with van der Waals surface area (Å²) in [7, 11) is 0. The summed E-state index contributed by atoms with van der Waals surface area (Å²) in [4.78, 5) is 25.2. The van der Waals surface area contributed by atoms with Gasteiger partial charge in [-0.25, -0.2) is 0 Å². The SMILES string of the molecule is NC(=O)C1CNCCN1C(=O)Cc1cccc(Br)c1. The fourth-order valence-electron chi connectivity index (χ4n) is 2.18. The summed E-state index contributed by atoms with van der Waals surface area (Å²) in [6.07, 6.45) is 0.281. The van der Waals surface area contributed by atoms with E-state index in [0.717, 1.165) is 10.0 Å². The molecule has 2 rings (SSSR count). The number of carbonyl (C=O) groups is 2. The molecular formula is C13H16BrN3O2. The zero-order chi connectivity index (χ0) is 13.8. The Morgan fingerprint density at radius 1 is 1.47 bits per heavy atom. The van der Waals surface area contributed by atoms with Crippen molar-refractivity contribution in [2.45, 2.75) is 12.5 Å². The fourth-order valence-corrected chi connectivity index (χ4v) is 2.63. The summed E-state index contributed by atoms with van der Waals surface area (Å²) >= 11 is 3.37. The Labute approximate surface area is 120 Å². The Bertz CT molecular complexity index is 493. The van der Waals surface area contributed by atoms with Gasteiger partial charge in [-0.3, -0.25) is 9.59 Å². The number of hydrogen-bond donors (Lipinski definition) is 2. The van der Waals surface area contributed by atoms with Crippen molar-refractivity contribution < 1.29 is 9.59 Å². The van der Waals surface area contributed by atoms with E-state index in [1.165, 1.54) is 0 Å². The molecule has 1 unspecified atom stereocenters. The summed E-state index contributed by atoms with van der Waals surface area (Å²) in [6.45, 7) is 1.63. The molecule has 1 saturated heterocycles. The molecule has 1 aliphatic rings. The van der Waals surface area contributed by atoms with E-state index in [2.05, 4.69) is 21.2 Å². The molecule has 0 radical (unpaired) electrons. The summed E-state index contributed by atoms with van der Waals surface area (Å²) in [5.74, 6) is -0.529. The molecule has 1 heterocycles. The first-order chi connectivity index (χ1) is 9.08. The first kappa shape index (κ1) is 14.0. The van der Waals surface area contributed by atoms with Crippen molar-refractivity contribution in [1.29, 1.82) is 0 Å². The number of rotatable bonds is 3. The second-order valence-electron chi connectivity index (χ2n) is 4.52. The molecule has 3 N–H and O–H groups in total. The third-order valence-corrected chi connectivity index (χ3v) is 3.63. The lowest BCUT2D eigenvalue weighted by atomic mass is 10.1. The van der Waals surface area contributed by atoms with Crippen LogP contribution in [-0.4, -0.2) is 42.4 Å². The summed E-state index contributed by atoms with van der Waals surface area (Å²) in [5.41, 5.74) is 6.25. The monoisotopic (exact) mass is 325 g/mol. The van der Waals surface area contributed by atoms with Crippen molar-refractivity contribution in [1.82, 2.24) is 10.2 Å². The molecule has 19 heavy (non-hydrogen) atoms. The lowest BCUT2D eigenvalue weighted by molar-refractivity contribution is -0.139. The first-order valence-corrected chi connectivity index (χ1v) is 6.91. The maximum atomic E-state index is 12.3. The van der Waals surface area contributed by atoms with E-state index in [0.29, 0.717) is 19.6 Å². The highest BCUT2D eigenvalue weighted by atomic mass is 79.9. The fraction of sp³-hybridized carbons (Fsp3) is 0.385. The van der Waals surface area contributed by atoms with Gasteiger partial charge in [-0.1, -0.05) is 28.1 Å². The summed E-state index contributed by atoms with van der Waals surface area (Å²) in [5, 5.41) is 3.07. The number of amides is 2. The Morgan fingerprint density at radius 3 is 2.95 bits per heavy atom. The lowest BCUT2D eigenvalue weighted by Crippen LogP contribution is -2.59. The summed E-state index contributed by atoms with van der Waals surface area (Å²) < 4.78 is 0.935. The topological polar surface area (TPSA) is 75.4 Å². The van der Waals surface area contributed by atoms with E-state index in [1.807, 2.05) is 24.3 Å². The van der Waals surface area contributed by atoms with Crippen LogP contribution in [-0.2, 0) is 16.0 Å². The molecule has 1 fully saturated rings.